The first kappa shape index (κ1) is 7.42. The molecule has 0 amide bonds. The van der Waals surface area contributed by atoms with Gasteiger partial charge in [-0.1, -0.05) is 0 Å². The fourth-order valence-corrected chi connectivity index (χ4v) is 12.4. The maximum absolute atomic E-state index is 6.05. The summed E-state index contributed by atoms with van der Waals surface area (Å²) in [5.41, 5.74) is 0. The van der Waals surface area contributed by atoms with Gasteiger partial charge in [-0.2, -0.15) is 0 Å². The van der Waals surface area contributed by atoms with E-state index in [9.17, 15) is 0 Å². The summed E-state index contributed by atoms with van der Waals surface area (Å²) in [5.74, 6) is 0. The molecule has 1 aromatic rings. The van der Waals surface area contributed by atoms with Gasteiger partial charge in [0.25, 0.3) is 0 Å². The summed E-state index contributed by atoms with van der Waals surface area (Å²) < 4.78 is 0. The molecule has 0 N–H and O–H groups in total. The summed E-state index contributed by atoms with van der Waals surface area (Å²) in [6, 6.07) is 8.42. The van der Waals surface area contributed by atoms with Gasteiger partial charge in [0.05, 0.1) is 0 Å². The topological polar surface area (TPSA) is 0 Å². The predicted molar refractivity (Wildman–Crippen MR) is 49.8 cm³/mol. The van der Waals surface area contributed by atoms with Crippen LogP contribution < -0.4 is 0 Å². The van der Waals surface area contributed by atoms with E-state index in [1.807, 2.05) is 20.0 Å². The molecule has 0 spiro atoms. The van der Waals surface area contributed by atoms with Gasteiger partial charge < -0.3 is 0 Å². The van der Waals surface area contributed by atoms with Crippen LogP contribution in [0.25, 0.3) is 0 Å². The van der Waals surface area contributed by atoms with Crippen LogP contribution in [0.5, 0.6) is 0 Å². The molecule has 0 aromatic heterocycles. The Morgan fingerprint density at radius 2 is 1.60 bits per heavy atom. The zero-order valence-corrected chi connectivity index (χ0v) is 9.22. The molecule has 0 fully saturated rings. The number of rotatable bonds is 0. The van der Waals surface area contributed by atoms with E-state index in [1.54, 1.807) is 0 Å². The van der Waals surface area contributed by atoms with E-state index in [2.05, 4.69) is 24.3 Å². The molecular formula is C6H4AsClS2. The first-order valence-corrected chi connectivity index (χ1v) is 11.4. The number of benzene rings is 1. The minimum atomic E-state index is -1.09. The van der Waals surface area contributed by atoms with Crippen molar-refractivity contribution in [2.75, 3.05) is 0 Å². The zero-order chi connectivity index (χ0) is 6.97. The Hall–Kier alpha value is 0.768. The number of halogens is 1. The van der Waals surface area contributed by atoms with E-state index >= 15 is 0 Å². The molecule has 1 aliphatic heterocycles. The van der Waals surface area contributed by atoms with Gasteiger partial charge in [0, 0.05) is 0 Å². The van der Waals surface area contributed by atoms with Crippen LogP contribution in [-0.4, -0.2) is 11.4 Å². The van der Waals surface area contributed by atoms with Gasteiger partial charge in [-0.3, -0.25) is 0 Å². The molecule has 0 saturated carbocycles. The van der Waals surface area contributed by atoms with Gasteiger partial charge in [-0.15, -0.1) is 0 Å². The average Bonchev–Trinajstić information content (AvgIpc) is 2.27. The van der Waals surface area contributed by atoms with E-state index in [-0.39, 0.29) is 0 Å². The first-order valence-electron chi connectivity index (χ1n) is 2.77. The second-order valence-corrected chi connectivity index (χ2v) is 15.1. The van der Waals surface area contributed by atoms with Crippen LogP contribution in [0.2, 0.25) is 0 Å². The van der Waals surface area contributed by atoms with Crippen molar-refractivity contribution in [3.05, 3.63) is 24.3 Å². The van der Waals surface area contributed by atoms with Crippen molar-refractivity contribution in [2.45, 2.75) is 9.79 Å². The third-order valence-corrected chi connectivity index (χ3v) is 11.5. The minimum absolute atomic E-state index is 1.09. The van der Waals surface area contributed by atoms with Crippen molar-refractivity contribution < 1.29 is 0 Å². The fourth-order valence-electron chi connectivity index (χ4n) is 0.774. The van der Waals surface area contributed by atoms with Crippen LogP contribution in [0, 0.1) is 0 Å². The molecule has 52 valence electrons. The summed E-state index contributed by atoms with van der Waals surface area (Å²) >= 11 is -1.09. The van der Waals surface area contributed by atoms with E-state index in [0.29, 0.717) is 0 Å². The van der Waals surface area contributed by atoms with Crippen LogP contribution in [0.1, 0.15) is 0 Å². The van der Waals surface area contributed by atoms with Crippen LogP contribution >= 0.6 is 30.0 Å². The first-order chi connectivity index (χ1) is 4.86. The average molecular weight is 251 g/mol. The molecule has 0 aliphatic carbocycles. The van der Waals surface area contributed by atoms with Crippen molar-refractivity contribution >= 4 is 41.4 Å². The second-order valence-electron chi connectivity index (χ2n) is 1.84. The Balaban J connectivity index is 2.42. The predicted octanol–water partition coefficient (Wildman–Crippen LogP) is 3.11. The molecule has 0 bridgehead atoms. The van der Waals surface area contributed by atoms with E-state index < -0.39 is 11.4 Å². The Labute approximate surface area is 75.1 Å². The van der Waals surface area contributed by atoms with E-state index in [4.69, 9.17) is 9.95 Å². The van der Waals surface area contributed by atoms with Crippen LogP contribution in [-0.2, 0) is 0 Å². The zero-order valence-electron chi connectivity index (χ0n) is 4.95. The van der Waals surface area contributed by atoms with Crippen molar-refractivity contribution in [3.63, 3.8) is 0 Å². The maximum atomic E-state index is 6.05. The summed E-state index contributed by atoms with van der Waals surface area (Å²) in [6.45, 7) is 0. The van der Waals surface area contributed by atoms with Gasteiger partial charge in [0.1, 0.15) is 0 Å². The molecule has 4 heteroatoms. The van der Waals surface area contributed by atoms with Gasteiger partial charge in [0.15, 0.2) is 0 Å². The van der Waals surface area contributed by atoms with Gasteiger partial charge in [-0.05, 0) is 0 Å². The van der Waals surface area contributed by atoms with Crippen molar-refractivity contribution in [1.29, 1.82) is 0 Å². The van der Waals surface area contributed by atoms with E-state index in [1.165, 1.54) is 9.79 Å². The third-order valence-electron chi connectivity index (χ3n) is 1.19. The quantitative estimate of drug-likeness (QED) is 0.649. The number of hydrogen-bond acceptors (Lipinski definition) is 2. The van der Waals surface area contributed by atoms with E-state index in [0.717, 1.165) is 0 Å². The third kappa shape index (κ3) is 1.35. The summed E-state index contributed by atoms with van der Waals surface area (Å²) in [6.07, 6.45) is 0. The molecule has 1 heterocycles. The normalized spacial score (nSPS) is 17.3. The molecular weight excluding hydrogens is 247 g/mol. The Kier molecular flexibility index (Phi) is 2.24. The van der Waals surface area contributed by atoms with Gasteiger partial charge in [0.2, 0.25) is 0 Å². The monoisotopic (exact) mass is 250 g/mol. The summed E-state index contributed by atoms with van der Waals surface area (Å²) in [5, 5.41) is 0. The Bertz CT molecular complexity index is 228. The molecule has 1 aromatic carbocycles. The number of hydrogen-bond donors (Lipinski definition) is 0. The van der Waals surface area contributed by atoms with Gasteiger partial charge >= 0.3 is 75.5 Å². The van der Waals surface area contributed by atoms with Crippen molar-refractivity contribution in [3.8, 4) is 0 Å². The Morgan fingerprint density at radius 1 is 1.10 bits per heavy atom. The molecule has 0 saturated heterocycles. The summed E-state index contributed by atoms with van der Waals surface area (Å²) in [7, 11) is 9.78. The molecule has 0 unspecified atom stereocenters. The molecule has 1 aliphatic rings. The summed E-state index contributed by atoms with van der Waals surface area (Å²) in [4.78, 5) is 2.75. The molecule has 0 atom stereocenters. The Morgan fingerprint density at radius 3 is 2.10 bits per heavy atom. The second kappa shape index (κ2) is 3.02. The fraction of sp³-hybridized carbons (Fsp3) is 0. The molecule has 0 radical (unpaired) electrons. The number of fused-ring (bicyclic) bond motifs is 1. The van der Waals surface area contributed by atoms with Gasteiger partial charge in [-0.25, -0.2) is 0 Å². The van der Waals surface area contributed by atoms with Crippen molar-refractivity contribution in [1.82, 2.24) is 0 Å². The van der Waals surface area contributed by atoms with Crippen LogP contribution in [0.3, 0.4) is 0 Å². The van der Waals surface area contributed by atoms with Crippen LogP contribution in [0.15, 0.2) is 34.1 Å². The van der Waals surface area contributed by atoms with Crippen molar-refractivity contribution in [2.24, 2.45) is 0 Å². The molecule has 10 heavy (non-hydrogen) atoms. The van der Waals surface area contributed by atoms with Crippen LogP contribution in [0.4, 0.5) is 0 Å². The molecule has 2 rings (SSSR count). The molecule has 0 nitrogen and oxygen atoms in total. The standard InChI is InChI=1S/C6H4AsClS2/c8-7-9-5-3-1-2-4-6(5)10-7/h1-4H. The SMILES string of the molecule is Cl[As]1Sc2ccccc2S1.